The monoisotopic (exact) mass is 430 g/mol. The number of hydrogen-bond acceptors (Lipinski definition) is 6. The van der Waals surface area contributed by atoms with Crippen LogP contribution in [-0.2, 0) is 24.8 Å². The van der Waals surface area contributed by atoms with E-state index in [1.807, 2.05) is 5.43 Å². The van der Waals surface area contributed by atoms with Crippen molar-refractivity contribution in [3.63, 3.8) is 0 Å². The lowest BCUT2D eigenvalue weighted by Crippen LogP contribution is -2.47. The van der Waals surface area contributed by atoms with Crippen molar-refractivity contribution in [1.29, 1.82) is 0 Å². The summed E-state index contributed by atoms with van der Waals surface area (Å²) < 4.78 is 54.9. The Labute approximate surface area is 161 Å². The van der Waals surface area contributed by atoms with Gasteiger partial charge in [-0.1, -0.05) is 23.7 Å². The van der Waals surface area contributed by atoms with Gasteiger partial charge in [-0.3, -0.25) is 10.2 Å². The molecule has 1 aliphatic heterocycles. The molecule has 1 aliphatic rings. The molecule has 1 N–H and O–H groups in total. The van der Waals surface area contributed by atoms with Crippen molar-refractivity contribution in [3.8, 4) is 5.75 Å². The van der Waals surface area contributed by atoms with E-state index in [9.17, 15) is 21.6 Å². The first-order chi connectivity index (χ1) is 12.5. The Hall–Kier alpha value is -2.14. The molecule has 0 bridgehead atoms. The molecule has 0 aliphatic carbocycles. The number of rotatable bonds is 4. The number of amides is 1. The van der Waals surface area contributed by atoms with Crippen molar-refractivity contribution in [2.45, 2.75) is 23.6 Å². The van der Waals surface area contributed by atoms with Gasteiger partial charge < -0.3 is 4.74 Å². The molecular formula is C16H15ClN2O6S2. The topological polar surface area (TPSA) is 110 Å². The second kappa shape index (κ2) is 6.79. The number of hydrazine groups is 1. The van der Waals surface area contributed by atoms with Crippen molar-refractivity contribution in [3.05, 3.63) is 52.5 Å². The molecule has 0 fully saturated rings. The minimum atomic E-state index is -4.41. The van der Waals surface area contributed by atoms with E-state index in [4.69, 9.17) is 16.3 Å². The highest BCUT2D eigenvalue weighted by atomic mass is 35.5. The van der Waals surface area contributed by atoms with Crippen LogP contribution in [0.5, 0.6) is 5.75 Å². The molecule has 3 rings (SSSR count). The molecule has 2 aromatic rings. The quantitative estimate of drug-likeness (QED) is 0.791. The maximum atomic E-state index is 12.4. The highest BCUT2D eigenvalue weighted by Crippen LogP contribution is 2.34. The second-order valence-electron chi connectivity index (χ2n) is 5.85. The van der Waals surface area contributed by atoms with Crippen molar-refractivity contribution in [2.75, 3.05) is 6.61 Å². The number of ether oxygens (including phenoxy) is 1. The maximum Gasteiger partial charge on any atom is 0.275 e. The SMILES string of the molecule is Cc1cc(OCC(=O)NN2S(=O)(=O)c3ccccc3S2(=O)=O)cc(C)c1Cl. The van der Waals surface area contributed by atoms with Gasteiger partial charge in [-0.05, 0) is 49.2 Å². The Morgan fingerprint density at radius 2 is 1.52 bits per heavy atom. The Balaban J connectivity index is 1.77. The van der Waals surface area contributed by atoms with Crippen molar-refractivity contribution in [2.24, 2.45) is 0 Å². The molecule has 0 radical (unpaired) electrons. The number of aryl methyl sites for hydroxylation is 2. The highest BCUT2D eigenvalue weighted by Gasteiger charge is 2.48. The Morgan fingerprint density at radius 1 is 1.04 bits per heavy atom. The van der Waals surface area contributed by atoms with Crippen LogP contribution in [0.2, 0.25) is 5.02 Å². The fraction of sp³-hybridized carbons (Fsp3) is 0.188. The lowest BCUT2D eigenvalue weighted by Gasteiger charge is -2.15. The zero-order chi connectivity index (χ0) is 20.0. The summed E-state index contributed by atoms with van der Waals surface area (Å²) in [6.45, 7) is 2.95. The van der Waals surface area contributed by atoms with Gasteiger partial charge in [0.25, 0.3) is 26.0 Å². The normalized spacial score (nSPS) is 17.3. The smallest absolute Gasteiger partial charge is 0.275 e. The highest BCUT2D eigenvalue weighted by molar-refractivity contribution is 8.06. The number of nitrogens with one attached hydrogen (secondary N) is 1. The van der Waals surface area contributed by atoms with E-state index >= 15 is 0 Å². The van der Waals surface area contributed by atoms with Crippen LogP contribution in [0, 0.1) is 13.8 Å². The molecule has 0 atom stereocenters. The van der Waals surface area contributed by atoms with Crippen LogP contribution in [0.15, 0.2) is 46.2 Å². The molecule has 0 saturated heterocycles. The van der Waals surface area contributed by atoms with Crippen LogP contribution in [0.4, 0.5) is 0 Å². The predicted octanol–water partition coefficient (Wildman–Crippen LogP) is 1.76. The first kappa shape index (κ1) is 19.6. The van der Waals surface area contributed by atoms with Gasteiger partial charge in [-0.15, -0.1) is 0 Å². The van der Waals surface area contributed by atoms with Crippen LogP contribution in [-0.4, -0.2) is 33.2 Å². The summed E-state index contributed by atoms with van der Waals surface area (Å²) in [6, 6.07) is 8.33. The Morgan fingerprint density at radius 3 is 2.00 bits per heavy atom. The summed E-state index contributed by atoms with van der Waals surface area (Å²) in [7, 11) is -8.82. The zero-order valence-electron chi connectivity index (χ0n) is 14.3. The Kier molecular flexibility index (Phi) is 4.93. The standard InChI is InChI=1S/C16H15ClN2O6S2/c1-10-7-12(8-11(2)16(10)17)25-9-15(20)18-19-26(21,22)13-5-3-4-6-14(13)27(19,23)24/h3-8H,9H2,1-2H3,(H,18,20). The van der Waals surface area contributed by atoms with Crippen LogP contribution in [0.3, 0.4) is 0 Å². The molecule has 27 heavy (non-hydrogen) atoms. The molecule has 2 aromatic carbocycles. The maximum absolute atomic E-state index is 12.4. The van der Waals surface area contributed by atoms with E-state index in [1.54, 1.807) is 26.0 Å². The van der Waals surface area contributed by atoms with Gasteiger partial charge in [0.05, 0.1) is 0 Å². The van der Waals surface area contributed by atoms with Gasteiger partial charge in [0.15, 0.2) is 6.61 Å². The van der Waals surface area contributed by atoms with E-state index in [2.05, 4.69) is 0 Å². The average Bonchev–Trinajstić information content (AvgIpc) is 2.76. The molecule has 0 spiro atoms. The molecule has 1 amide bonds. The van der Waals surface area contributed by atoms with Crippen molar-refractivity contribution in [1.82, 2.24) is 9.25 Å². The number of benzene rings is 2. The Bertz CT molecular complexity index is 1070. The van der Waals surface area contributed by atoms with Crippen LogP contribution in [0.1, 0.15) is 11.1 Å². The van der Waals surface area contributed by atoms with Crippen LogP contribution in [0.25, 0.3) is 0 Å². The van der Waals surface area contributed by atoms with Gasteiger partial charge >= 0.3 is 0 Å². The molecule has 144 valence electrons. The van der Waals surface area contributed by atoms with E-state index in [-0.39, 0.29) is 3.82 Å². The number of hydrogen-bond donors (Lipinski definition) is 1. The lowest BCUT2D eigenvalue weighted by molar-refractivity contribution is -0.124. The third-order valence-corrected chi connectivity index (χ3v) is 8.62. The lowest BCUT2D eigenvalue weighted by atomic mass is 10.1. The molecule has 0 aromatic heterocycles. The fourth-order valence-electron chi connectivity index (χ4n) is 2.58. The number of carbonyl (C=O) groups is 1. The second-order valence-corrected chi connectivity index (χ2v) is 9.97. The molecular weight excluding hydrogens is 416 g/mol. The largest absolute Gasteiger partial charge is 0.484 e. The van der Waals surface area contributed by atoms with Crippen molar-refractivity contribution < 1.29 is 26.4 Å². The summed E-state index contributed by atoms with van der Waals surface area (Å²) in [4.78, 5) is 11.3. The third kappa shape index (κ3) is 3.41. The average molecular weight is 431 g/mol. The van der Waals surface area contributed by atoms with Gasteiger partial charge in [0.1, 0.15) is 15.5 Å². The van der Waals surface area contributed by atoms with E-state index < -0.39 is 42.4 Å². The van der Waals surface area contributed by atoms with E-state index in [0.29, 0.717) is 10.8 Å². The van der Waals surface area contributed by atoms with Crippen molar-refractivity contribution >= 4 is 37.6 Å². The number of carbonyl (C=O) groups excluding carboxylic acids is 1. The van der Waals surface area contributed by atoms with Gasteiger partial charge in [-0.25, -0.2) is 16.8 Å². The molecule has 11 heteroatoms. The number of fused-ring (bicyclic) bond motifs is 1. The summed E-state index contributed by atoms with van der Waals surface area (Å²) in [5.41, 5.74) is 3.37. The zero-order valence-corrected chi connectivity index (χ0v) is 16.7. The third-order valence-electron chi connectivity index (χ3n) is 3.84. The minimum Gasteiger partial charge on any atom is -0.484 e. The summed E-state index contributed by atoms with van der Waals surface area (Å²) >= 11 is 6.06. The molecule has 1 heterocycles. The van der Waals surface area contributed by atoms with E-state index in [1.165, 1.54) is 12.1 Å². The number of nitrogens with zero attached hydrogens (tertiary/aromatic N) is 1. The van der Waals surface area contributed by atoms with E-state index in [0.717, 1.165) is 23.3 Å². The molecule has 0 unspecified atom stereocenters. The minimum absolute atomic E-state index is 0.0330. The predicted molar refractivity (Wildman–Crippen MR) is 97.2 cm³/mol. The van der Waals surface area contributed by atoms with Gasteiger partial charge in [0.2, 0.25) is 0 Å². The summed E-state index contributed by atoms with van der Waals surface area (Å²) in [5, 5.41) is 0.568. The first-order valence-electron chi connectivity index (χ1n) is 7.64. The van der Waals surface area contributed by atoms with Crippen LogP contribution < -0.4 is 10.2 Å². The molecule has 0 saturated carbocycles. The summed E-state index contributed by atoms with van der Waals surface area (Å²) in [6.07, 6.45) is 0. The summed E-state index contributed by atoms with van der Waals surface area (Å²) in [5.74, 6) is -0.597. The number of sulfonamides is 2. The van der Waals surface area contributed by atoms with Crippen LogP contribution >= 0.6 is 11.6 Å². The van der Waals surface area contributed by atoms with Gasteiger partial charge in [0, 0.05) is 8.84 Å². The van der Waals surface area contributed by atoms with Gasteiger partial charge in [-0.2, -0.15) is 0 Å². The number of halogens is 1. The fourth-order valence-corrected chi connectivity index (χ4v) is 6.78. The molecule has 8 nitrogen and oxygen atoms in total. The first-order valence-corrected chi connectivity index (χ1v) is 10.9.